The van der Waals surface area contributed by atoms with E-state index in [0.29, 0.717) is 25.2 Å². The van der Waals surface area contributed by atoms with Crippen molar-refractivity contribution in [3.05, 3.63) is 53.7 Å². The molecule has 1 unspecified atom stereocenters. The van der Waals surface area contributed by atoms with Gasteiger partial charge in [-0.15, -0.1) is 0 Å². The first-order valence-corrected chi connectivity index (χ1v) is 11.4. The van der Waals surface area contributed by atoms with Gasteiger partial charge in [-0.1, -0.05) is 19.1 Å². The van der Waals surface area contributed by atoms with Crippen LogP contribution in [0.1, 0.15) is 35.8 Å². The number of nitrogens with zero attached hydrogens (tertiary/aromatic N) is 2. The van der Waals surface area contributed by atoms with Crippen LogP contribution in [0.2, 0.25) is 0 Å². The number of carbonyl (C=O) groups is 2. The van der Waals surface area contributed by atoms with Crippen molar-refractivity contribution in [2.24, 2.45) is 5.92 Å². The van der Waals surface area contributed by atoms with Gasteiger partial charge < -0.3 is 10.2 Å². The summed E-state index contributed by atoms with van der Waals surface area (Å²) >= 11 is 0. The van der Waals surface area contributed by atoms with Gasteiger partial charge in [0.15, 0.2) is 0 Å². The Hall–Kier alpha value is -2.78. The lowest BCUT2D eigenvalue weighted by atomic mass is 9.96. The van der Waals surface area contributed by atoms with Crippen molar-refractivity contribution in [1.82, 2.24) is 14.6 Å². The first kappa shape index (κ1) is 21.9. The third-order valence-corrected chi connectivity index (χ3v) is 6.49. The van der Waals surface area contributed by atoms with Crippen molar-refractivity contribution in [1.29, 1.82) is 0 Å². The molecular formula is C21H26N4O4S. The van der Waals surface area contributed by atoms with Crippen LogP contribution in [0.4, 0.5) is 5.82 Å². The van der Waals surface area contributed by atoms with Crippen LogP contribution in [0.15, 0.2) is 47.4 Å². The predicted octanol–water partition coefficient (Wildman–Crippen LogP) is 2.18. The fourth-order valence-corrected chi connectivity index (χ4v) is 4.56. The van der Waals surface area contributed by atoms with E-state index in [1.54, 1.807) is 30.0 Å². The Labute approximate surface area is 176 Å². The zero-order valence-electron chi connectivity index (χ0n) is 17.1. The number of anilines is 1. The molecule has 8 nitrogen and oxygen atoms in total. The highest BCUT2D eigenvalue weighted by Crippen LogP contribution is 2.21. The lowest BCUT2D eigenvalue weighted by Gasteiger charge is -2.32. The molecule has 1 aromatic carbocycles. The molecule has 1 saturated heterocycles. The normalized spacial score (nSPS) is 16.9. The number of rotatable bonds is 6. The average molecular weight is 431 g/mol. The van der Waals surface area contributed by atoms with Crippen LogP contribution in [0, 0.1) is 12.8 Å². The molecular weight excluding hydrogens is 404 g/mol. The Kier molecular flexibility index (Phi) is 6.84. The van der Waals surface area contributed by atoms with Gasteiger partial charge in [0.1, 0.15) is 5.82 Å². The van der Waals surface area contributed by atoms with Gasteiger partial charge in [-0.25, -0.2) is 18.1 Å². The van der Waals surface area contributed by atoms with Crippen LogP contribution in [0.25, 0.3) is 0 Å². The maximum Gasteiger partial charge on any atom is 0.253 e. The van der Waals surface area contributed by atoms with E-state index >= 15 is 0 Å². The molecule has 9 heteroatoms. The van der Waals surface area contributed by atoms with Gasteiger partial charge >= 0.3 is 0 Å². The number of aryl methyl sites for hydroxylation is 1. The lowest BCUT2D eigenvalue weighted by molar-refractivity contribution is -0.121. The second kappa shape index (κ2) is 9.36. The number of carbonyl (C=O) groups excluding carboxylic acids is 2. The van der Waals surface area contributed by atoms with E-state index in [2.05, 4.69) is 15.0 Å². The zero-order valence-corrected chi connectivity index (χ0v) is 17.9. The maximum atomic E-state index is 13.0. The van der Waals surface area contributed by atoms with Gasteiger partial charge in [0.05, 0.1) is 10.8 Å². The third-order valence-electron chi connectivity index (χ3n) is 4.94. The fraction of sp³-hybridized carbons (Fsp3) is 0.381. The number of likely N-dealkylation sites (tertiary alicyclic amines) is 1. The molecule has 160 valence electrons. The van der Waals surface area contributed by atoms with Crippen molar-refractivity contribution in [3.63, 3.8) is 0 Å². The largest absolute Gasteiger partial charge is 0.338 e. The molecule has 2 N–H and O–H groups in total. The van der Waals surface area contributed by atoms with Crippen LogP contribution in [-0.4, -0.2) is 49.8 Å². The van der Waals surface area contributed by atoms with E-state index in [4.69, 9.17) is 0 Å². The van der Waals surface area contributed by atoms with Crippen molar-refractivity contribution >= 4 is 27.7 Å². The maximum absolute atomic E-state index is 13.0. The Morgan fingerprint density at radius 1 is 1.20 bits per heavy atom. The molecule has 1 atom stereocenters. The number of hydrogen-bond donors (Lipinski definition) is 2. The summed E-state index contributed by atoms with van der Waals surface area (Å²) in [5.74, 6) is -0.313. The van der Waals surface area contributed by atoms with Crippen LogP contribution < -0.4 is 10.0 Å². The van der Waals surface area contributed by atoms with Gasteiger partial charge in [0.2, 0.25) is 15.9 Å². The van der Waals surface area contributed by atoms with E-state index in [9.17, 15) is 18.0 Å². The molecule has 2 amide bonds. The van der Waals surface area contributed by atoms with Gasteiger partial charge in [0, 0.05) is 30.9 Å². The number of hydrogen-bond acceptors (Lipinski definition) is 5. The summed E-state index contributed by atoms with van der Waals surface area (Å²) in [6, 6.07) is 11.4. The smallest absolute Gasteiger partial charge is 0.253 e. The van der Waals surface area contributed by atoms with Crippen molar-refractivity contribution < 1.29 is 18.0 Å². The second-order valence-corrected chi connectivity index (χ2v) is 9.04. The van der Waals surface area contributed by atoms with Crippen molar-refractivity contribution in [2.45, 2.75) is 31.6 Å². The zero-order chi connectivity index (χ0) is 21.7. The molecule has 0 radical (unpaired) electrons. The number of piperidine rings is 1. The minimum Gasteiger partial charge on any atom is -0.338 e. The first-order chi connectivity index (χ1) is 14.3. The van der Waals surface area contributed by atoms with Crippen molar-refractivity contribution in [3.8, 4) is 0 Å². The molecule has 0 saturated carbocycles. The van der Waals surface area contributed by atoms with Crippen LogP contribution in [0.5, 0.6) is 0 Å². The number of sulfonamides is 1. The molecule has 30 heavy (non-hydrogen) atoms. The summed E-state index contributed by atoms with van der Waals surface area (Å²) in [4.78, 5) is 31.6. The van der Waals surface area contributed by atoms with Gasteiger partial charge in [-0.3, -0.25) is 9.59 Å². The number of benzene rings is 1. The second-order valence-electron chi connectivity index (χ2n) is 7.27. The molecule has 3 rings (SSSR count). The highest BCUT2D eigenvalue weighted by Gasteiger charge is 2.29. The first-order valence-electron chi connectivity index (χ1n) is 9.93. The average Bonchev–Trinajstić information content (AvgIpc) is 2.73. The monoisotopic (exact) mass is 430 g/mol. The molecule has 0 bridgehead atoms. The molecule has 1 aliphatic heterocycles. The number of nitrogens with one attached hydrogen (secondary N) is 2. The lowest BCUT2D eigenvalue weighted by Crippen LogP contribution is -2.43. The van der Waals surface area contributed by atoms with E-state index < -0.39 is 10.0 Å². The van der Waals surface area contributed by atoms with Crippen LogP contribution in [-0.2, 0) is 14.8 Å². The summed E-state index contributed by atoms with van der Waals surface area (Å²) in [5, 5.41) is 2.82. The Morgan fingerprint density at radius 3 is 2.70 bits per heavy atom. The van der Waals surface area contributed by atoms with Crippen LogP contribution >= 0.6 is 0 Å². The minimum atomic E-state index is -3.65. The summed E-state index contributed by atoms with van der Waals surface area (Å²) < 4.78 is 26.9. The topological polar surface area (TPSA) is 108 Å². The fourth-order valence-electron chi connectivity index (χ4n) is 3.47. The molecule has 1 aliphatic rings. The third kappa shape index (κ3) is 5.22. The van der Waals surface area contributed by atoms with E-state index in [-0.39, 0.29) is 41.3 Å². The molecule has 2 heterocycles. The molecule has 2 aromatic rings. The minimum absolute atomic E-state index is 0.0482. The summed E-state index contributed by atoms with van der Waals surface area (Å²) in [6.07, 6.45) is 1.37. The molecule has 0 aliphatic carbocycles. The quantitative estimate of drug-likeness (QED) is 0.730. The van der Waals surface area contributed by atoms with Gasteiger partial charge in [0.25, 0.3) is 5.91 Å². The molecule has 1 fully saturated rings. The molecule has 0 spiro atoms. The highest BCUT2D eigenvalue weighted by molar-refractivity contribution is 7.89. The highest BCUT2D eigenvalue weighted by atomic mass is 32.2. The summed E-state index contributed by atoms with van der Waals surface area (Å²) in [5.41, 5.74) is 1.09. The molecule has 1 aromatic heterocycles. The summed E-state index contributed by atoms with van der Waals surface area (Å²) in [7, 11) is -3.65. The van der Waals surface area contributed by atoms with E-state index in [1.807, 2.05) is 19.1 Å². The predicted molar refractivity (Wildman–Crippen MR) is 114 cm³/mol. The van der Waals surface area contributed by atoms with Crippen molar-refractivity contribution in [2.75, 3.05) is 25.0 Å². The van der Waals surface area contributed by atoms with Gasteiger partial charge in [-0.2, -0.15) is 0 Å². The van der Waals surface area contributed by atoms with Gasteiger partial charge in [-0.05, 0) is 50.1 Å². The Balaban J connectivity index is 1.70. The SMILES string of the molecule is CCNS(=O)(=O)c1cccc(C(=O)N2CCCC(C(=O)Nc3cccc(C)n3)C2)c1. The number of amides is 2. The number of pyridine rings is 1. The van der Waals surface area contributed by atoms with Crippen LogP contribution in [0.3, 0.4) is 0 Å². The van der Waals surface area contributed by atoms with E-state index in [1.165, 1.54) is 12.1 Å². The standard InChI is InChI=1S/C21H26N4O4S/c1-3-22-30(28,29)18-10-5-8-16(13-18)21(27)25-12-6-9-17(14-25)20(26)24-19-11-4-7-15(2)23-19/h4-5,7-8,10-11,13,17,22H,3,6,9,12,14H2,1-2H3,(H,23,24,26). The number of aromatic nitrogens is 1. The summed E-state index contributed by atoms with van der Waals surface area (Å²) in [6.45, 7) is 4.61. The Morgan fingerprint density at radius 2 is 1.97 bits per heavy atom. The van der Waals surface area contributed by atoms with E-state index in [0.717, 1.165) is 5.69 Å². The Bertz CT molecular complexity index is 1040.